The van der Waals surface area contributed by atoms with Crippen molar-refractivity contribution < 1.29 is 9.53 Å². The fourth-order valence-electron chi connectivity index (χ4n) is 2.57. The van der Waals surface area contributed by atoms with Crippen LogP contribution >= 0.6 is 0 Å². The molecule has 0 unspecified atom stereocenters. The number of urea groups is 1. The Morgan fingerprint density at radius 1 is 1.40 bits per heavy atom. The third kappa shape index (κ3) is 3.12. The normalized spacial score (nSPS) is 15.9. The topological polar surface area (TPSA) is 41.6 Å². The number of rotatable bonds is 3. The Labute approximate surface area is 121 Å². The zero-order chi connectivity index (χ0) is 14.8. The number of carbonyl (C=O) groups excluding carboxylic acids is 1. The summed E-state index contributed by atoms with van der Waals surface area (Å²) in [5.41, 5.74) is 2.27. The van der Waals surface area contributed by atoms with E-state index in [1.807, 2.05) is 23.1 Å². The van der Waals surface area contributed by atoms with Gasteiger partial charge in [-0.05, 0) is 23.5 Å². The maximum Gasteiger partial charge on any atom is 0.321 e. The minimum atomic E-state index is -0.0405. The molecule has 1 N–H and O–H groups in total. The second-order valence-electron chi connectivity index (χ2n) is 6.31. The molecule has 0 saturated heterocycles. The van der Waals surface area contributed by atoms with Crippen molar-refractivity contribution >= 4 is 11.7 Å². The minimum absolute atomic E-state index is 0.00398. The van der Waals surface area contributed by atoms with Gasteiger partial charge in [-0.15, -0.1) is 0 Å². The number of methoxy groups -OCH3 is 1. The van der Waals surface area contributed by atoms with Gasteiger partial charge in [-0.3, -0.25) is 4.90 Å². The van der Waals surface area contributed by atoms with E-state index < -0.39 is 0 Å². The van der Waals surface area contributed by atoms with Crippen molar-refractivity contribution in [3.8, 4) is 0 Å². The maximum absolute atomic E-state index is 12.3. The van der Waals surface area contributed by atoms with Crippen LogP contribution in [-0.2, 0) is 11.2 Å². The van der Waals surface area contributed by atoms with E-state index in [0.717, 1.165) is 18.7 Å². The second-order valence-corrected chi connectivity index (χ2v) is 6.31. The van der Waals surface area contributed by atoms with Gasteiger partial charge in [0.25, 0.3) is 0 Å². The summed E-state index contributed by atoms with van der Waals surface area (Å²) in [6.45, 7) is 7.60. The largest absolute Gasteiger partial charge is 0.379 e. The van der Waals surface area contributed by atoms with Crippen molar-refractivity contribution in [1.82, 2.24) is 5.32 Å². The van der Waals surface area contributed by atoms with Gasteiger partial charge in [0.1, 0.15) is 0 Å². The van der Waals surface area contributed by atoms with Crippen LogP contribution in [0.2, 0.25) is 0 Å². The van der Waals surface area contributed by atoms with Gasteiger partial charge in [0.15, 0.2) is 0 Å². The van der Waals surface area contributed by atoms with Crippen LogP contribution in [0.5, 0.6) is 0 Å². The fourth-order valence-corrected chi connectivity index (χ4v) is 2.57. The number of hydrogen-bond donors (Lipinski definition) is 1. The lowest BCUT2D eigenvalue weighted by molar-refractivity contribution is 0.0195. The molecular weight excluding hydrogens is 252 g/mol. The lowest BCUT2D eigenvalue weighted by atomic mass is 9.89. The van der Waals surface area contributed by atoms with Gasteiger partial charge < -0.3 is 10.1 Å². The highest BCUT2D eigenvalue weighted by Crippen LogP contribution is 2.27. The highest BCUT2D eigenvalue weighted by Gasteiger charge is 2.28. The first-order valence-corrected chi connectivity index (χ1v) is 7.09. The molecule has 1 atom stereocenters. The van der Waals surface area contributed by atoms with E-state index in [0.29, 0.717) is 6.54 Å². The SMILES string of the molecule is CO[C@H](CNC(=O)N1CCc2ccccc21)C(C)(C)C. The highest BCUT2D eigenvalue weighted by molar-refractivity contribution is 5.94. The Balaban J connectivity index is 1.97. The number of nitrogens with zero attached hydrogens (tertiary/aromatic N) is 1. The number of hydrogen-bond acceptors (Lipinski definition) is 2. The molecular formula is C16H24N2O2. The standard InChI is InChI=1S/C16H24N2O2/c1-16(2,3)14(20-4)11-17-15(19)18-10-9-12-7-5-6-8-13(12)18/h5-8,14H,9-11H2,1-4H3,(H,17,19)/t14-/m1/s1. The summed E-state index contributed by atoms with van der Waals surface area (Å²) in [5.74, 6) is 0. The van der Waals surface area contributed by atoms with Crippen molar-refractivity contribution in [2.75, 3.05) is 25.1 Å². The van der Waals surface area contributed by atoms with Crippen LogP contribution in [0.25, 0.3) is 0 Å². The lowest BCUT2D eigenvalue weighted by Crippen LogP contribution is -2.45. The Bertz CT molecular complexity index is 480. The summed E-state index contributed by atoms with van der Waals surface area (Å²) in [5, 5.41) is 2.99. The molecule has 0 aromatic heterocycles. The van der Waals surface area contributed by atoms with E-state index in [9.17, 15) is 4.79 Å². The quantitative estimate of drug-likeness (QED) is 0.922. The lowest BCUT2D eigenvalue weighted by Gasteiger charge is -2.30. The Morgan fingerprint density at radius 2 is 2.10 bits per heavy atom. The molecule has 2 rings (SSSR count). The third-order valence-electron chi connectivity index (χ3n) is 3.82. The van der Waals surface area contributed by atoms with Crippen LogP contribution in [0.1, 0.15) is 26.3 Å². The van der Waals surface area contributed by atoms with E-state index in [1.54, 1.807) is 7.11 Å². The van der Waals surface area contributed by atoms with Gasteiger partial charge in [0.2, 0.25) is 0 Å². The third-order valence-corrected chi connectivity index (χ3v) is 3.82. The summed E-state index contributed by atoms with van der Waals surface area (Å²) < 4.78 is 5.46. The average molecular weight is 276 g/mol. The molecule has 1 aliphatic heterocycles. The number of para-hydroxylation sites is 1. The first kappa shape index (κ1) is 14.9. The maximum atomic E-state index is 12.3. The molecule has 2 amide bonds. The van der Waals surface area contributed by atoms with Crippen molar-refractivity contribution in [1.29, 1.82) is 0 Å². The molecule has 20 heavy (non-hydrogen) atoms. The monoisotopic (exact) mass is 276 g/mol. The van der Waals surface area contributed by atoms with Crippen LogP contribution in [0.3, 0.4) is 0 Å². The Kier molecular flexibility index (Phi) is 4.33. The molecule has 0 spiro atoms. The molecule has 1 aromatic carbocycles. The van der Waals surface area contributed by atoms with Crippen LogP contribution in [0.15, 0.2) is 24.3 Å². The summed E-state index contributed by atoms with van der Waals surface area (Å²) in [6, 6.07) is 8.02. The molecule has 0 bridgehead atoms. The molecule has 1 aromatic rings. The second kappa shape index (κ2) is 5.83. The van der Waals surface area contributed by atoms with Crippen molar-refractivity contribution in [2.24, 2.45) is 5.41 Å². The first-order chi connectivity index (χ1) is 9.43. The van der Waals surface area contributed by atoms with Gasteiger partial charge >= 0.3 is 6.03 Å². The van der Waals surface area contributed by atoms with Gasteiger partial charge in [-0.1, -0.05) is 39.0 Å². The number of ether oxygens (including phenoxy) is 1. The zero-order valence-corrected chi connectivity index (χ0v) is 12.8. The van der Waals surface area contributed by atoms with E-state index in [1.165, 1.54) is 5.56 Å². The molecule has 1 heterocycles. The van der Waals surface area contributed by atoms with Gasteiger partial charge in [0.05, 0.1) is 6.10 Å². The number of fused-ring (bicyclic) bond motifs is 1. The van der Waals surface area contributed by atoms with Gasteiger partial charge in [0, 0.05) is 25.9 Å². The predicted molar refractivity (Wildman–Crippen MR) is 81.1 cm³/mol. The van der Waals surface area contributed by atoms with E-state index in [2.05, 4.69) is 32.2 Å². The smallest absolute Gasteiger partial charge is 0.321 e. The van der Waals surface area contributed by atoms with Gasteiger partial charge in [-0.25, -0.2) is 4.79 Å². The van der Waals surface area contributed by atoms with E-state index in [-0.39, 0.29) is 17.6 Å². The molecule has 4 heteroatoms. The summed E-state index contributed by atoms with van der Waals surface area (Å²) in [6.07, 6.45) is 0.931. The molecule has 4 nitrogen and oxygen atoms in total. The molecule has 0 saturated carbocycles. The number of anilines is 1. The van der Waals surface area contributed by atoms with Crippen LogP contribution in [0.4, 0.5) is 10.5 Å². The van der Waals surface area contributed by atoms with Crippen LogP contribution < -0.4 is 10.2 Å². The van der Waals surface area contributed by atoms with E-state index in [4.69, 9.17) is 4.74 Å². The average Bonchev–Trinajstić information content (AvgIpc) is 2.81. The van der Waals surface area contributed by atoms with Crippen LogP contribution in [-0.4, -0.2) is 32.3 Å². The van der Waals surface area contributed by atoms with E-state index >= 15 is 0 Å². The molecule has 0 aliphatic carbocycles. The summed E-state index contributed by atoms with van der Waals surface area (Å²) in [7, 11) is 1.69. The summed E-state index contributed by atoms with van der Waals surface area (Å²) in [4.78, 5) is 14.1. The van der Waals surface area contributed by atoms with Crippen molar-refractivity contribution in [2.45, 2.75) is 33.3 Å². The molecule has 0 fully saturated rings. The summed E-state index contributed by atoms with van der Waals surface area (Å²) >= 11 is 0. The van der Waals surface area contributed by atoms with Crippen molar-refractivity contribution in [3.05, 3.63) is 29.8 Å². The minimum Gasteiger partial charge on any atom is -0.379 e. The number of nitrogens with one attached hydrogen (secondary N) is 1. The fraction of sp³-hybridized carbons (Fsp3) is 0.562. The number of benzene rings is 1. The molecule has 1 aliphatic rings. The van der Waals surface area contributed by atoms with Crippen molar-refractivity contribution in [3.63, 3.8) is 0 Å². The highest BCUT2D eigenvalue weighted by atomic mass is 16.5. The number of carbonyl (C=O) groups is 1. The van der Waals surface area contributed by atoms with Gasteiger partial charge in [-0.2, -0.15) is 0 Å². The first-order valence-electron chi connectivity index (χ1n) is 7.09. The molecule has 110 valence electrons. The predicted octanol–water partition coefficient (Wildman–Crippen LogP) is 2.82. The Hall–Kier alpha value is -1.55. The molecule has 0 radical (unpaired) electrons. The zero-order valence-electron chi connectivity index (χ0n) is 12.8. The number of amides is 2. The Morgan fingerprint density at radius 3 is 2.75 bits per heavy atom. The van der Waals surface area contributed by atoms with Crippen LogP contribution in [0, 0.1) is 5.41 Å².